The van der Waals surface area contributed by atoms with Crippen LogP contribution in [0.5, 0.6) is 0 Å². The molecule has 0 radical (unpaired) electrons. The molecule has 2 atom stereocenters. The highest BCUT2D eigenvalue weighted by atomic mass is 32.2. The van der Waals surface area contributed by atoms with E-state index >= 15 is 0 Å². The van der Waals surface area contributed by atoms with Gasteiger partial charge in [-0.3, -0.25) is 0 Å². The van der Waals surface area contributed by atoms with Gasteiger partial charge in [-0.05, 0) is 24.3 Å². The van der Waals surface area contributed by atoms with Gasteiger partial charge < -0.3 is 0 Å². The van der Waals surface area contributed by atoms with E-state index in [0.717, 1.165) is 4.90 Å². The third-order valence-electron chi connectivity index (χ3n) is 2.62. The molecule has 0 saturated heterocycles. The molecule has 0 saturated carbocycles. The van der Waals surface area contributed by atoms with Crippen molar-refractivity contribution >= 4 is 22.1 Å². The van der Waals surface area contributed by atoms with Gasteiger partial charge in [-0.15, -0.1) is 0 Å². The first-order valence-electron chi connectivity index (χ1n) is 5.34. The predicted octanol–water partition coefficient (Wildman–Crippen LogP) is 3.43. The number of hydrogen-bond acceptors (Lipinski definition) is 1. The zero-order chi connectivity index (χ0) is 12.3. The summed E-state index contributed by atoms with van der Waals surface area (Å²) in [6.07, 6.45) is 4.05. The average Bonchev–Trinajstić information content (AvgIpc) is 2.39. The lowest BCUT2D eigenvalue weighted by Gasteiger charge is -2.02. The van der Waals surface area contributed by atoms with Crippen molar-refractivity contribution in [3.8, 4) is 0 Å². The normalized spacial score (nSPS) is 14.3. The topological polar surface area (TPSA) is 20.2 Å². The summed E-state index contributed by atoms with van der Waals surface area (Å²) in [5.41, 5.74) is 0. The van der Waals surface area contributed by atoms with Gasteiger partial charge in [0, 0.05) is 12.1 Å². The molecule has 0 fully saturated rings. The fraction of sp³-hybridized carbons (Fsp3) is 0.143. The molecule has 2 aromatic rings. The van der Waals surface area contributed by atoms with Gasteiger partial charge in [0.15, 0.2) is 25.9 Å². The number of rotatable bonds is 3. The summed E-state index contributed by atoms with van der Waals surface area (Å²) in [5.74, 6) is 0. The molecule has 2 rings (SSSR count). The maximum absolute atomic E-state index is 9.50. The van der Waals surface area contributed by atoms with Gasteiger partial charge in [0.2, 0.25) is 0 Å². The largest absolute Gasteiger partial charge is 0.190 e. The van der Waals surface area contributed by atoms with Crippen LogP contribution in [0.25, 0.3) is 0 Å². The van der Waals surface area contributed by atoms with Crippen molar-refractivity contribution in [1.29, 1.82) is 0 Å². The lowest BCUT2D eigenvalue weighted by Crippen LogP contribution is -2.02. The molecular formula is C14H16OS2+2. The second kappa shape index (κ2) is 5.63. The Balaban J connectivity index is 2.23. The molecule has 0 aliphatic rings. The molecule has 0 aromatic heterocycles. The first kappa shape index (κ1) is 12.6. The Morgan fingerprint density at radius 3 is 1.71 bits per heavy atom. The van der Waals surface area contributed by atoms with Crippen LogP contribution in [0.15, 0.2) is 69.3 Å². The molecule has 0 heterocycles. The summed E-state index contributed by atoms with van der Waals surface area (Å²) < 4.78 is 9.50. The summed E-state index contributed by atoms with van der Waals surface area (Å²) in [7, 11) is 0.103. The highest BCUT2D eigenvalue weighted by Gasteiger charge is 2.20. The highest BCUT2D eigenvalue weighted by molar-refractivity contribution is 7.96. The van der Waals surface area contributed by atoms with Gasteiger partial charge in [0.1, 0.15) is 12.5 Å². The third-order valence-corrected chi connectivity index (χ3v) is 5.53. The molecule has 88 valence electrons. The van der Waals surface area contributed by atoms with E-state index in [4.69, 9.17) is 0 Å². The quantitative estimate of drug-likeness (QED) is 0.842. The number of benzene rings is 2. The molecule has 2 aromatic carbocycles. The molecular weight excluding hydrogens is 248 g/mol. The second-order valence-electron chi connectivity index (χ2n) is 3.77. The number of hydrogen-bond donors (Lipinski definition) is 1. The van der Waals surface area contributed by atoms with Gasteiger partial charge in [0.05, 0.1) is 10.9 Å². The SMILES string of the molecule is C[S+](O)c1ccc([S+](C)c2ccccc2)cc1. The molecule has 0 aliphatic carbocycles. The molecule has 0 spiro atoms. The minimum atomic E-state index is -0.642. The van der Waals surface area contributed by atoms with E-state index in [0.29, 0.717) is 0 Å². The van der Waals surface area contributed by atoms with Crippen molar-refractivity contribution in [3.63, 3.8) is 0 Å². The van der Waals surface area contributed by atoms with E-state index in [9.17, 15) is 4.55 Å². The Bertz CT molecular complexity index is 465. The second-order valence-corrected chi connectivity index (χ2v) is 7.16. The van der Waals surface area contributed by atoms with E-state index in [2.05, 4.69) is 42.7 Å². The van der Waals surface area contributed by atoms with Gasteiger partial charge in [-0.25, -0.2) is 0 Å². The van der Waals surface area contributed by atoms with Gasteiger partial charge in [-0.1, -0.05) is 18.2 Å². The average molecular weight is 264 g/mol. The zero-order valence-electron chi connectivity index (χ0n) is 9.96. The minimum Gasteiger partial charge on any atom is -0.182 e. The zero-order valence-corrected chi connectivity index (χ0v) is 11.6. The molecule has 3 heteroatoms. The van der Waals surface area contributed by atoms with Gasteiger partial charge >= 0.3 is 0 Å². The van der Waals surface area contributed by atoms with E-state index < -0.39 is 11.2 Å². The third kappa shape index (κ3) is 3.06. The monoisotopic (exact) mass is 264 g/mol. The Kier molecular flexibility index (Phi) is 4.15. The maximum atomic E-state index is 9.50. The van der Waals surface area contributed by atoms with Crippen LogP contribution in [0.3, 0.4) is 0 Å². The fourth-order valence-corrected chi connectivity index (χ4v) is 3.51. The van der Waals surface area contributed by atoms with Crippen LogP contribution >= 0.6 is 0 Å². The lowest BCUT2D eigenvalue weighted by atomic mass is 10.4. The van der Waals surface area contributed by atoms with E-state index in [1.807, 2.05) is 24.5 Å². The van der Waals surface area contributed by atoms with Crippen molar-refractivity contribution in [1.82, 2.24) is 0 Å². The summed E-state index contributed by atoms with van der Waals surface area (Å²) in [6, 6.07) is 18.8. The maximum Gasteiger partial charge on any atom is 0.190 e. The Morgan fingerprint density at radius 2 is 1.18 bits per heavy atom. The summed E-state index contributed by atoms with van der Waals surface area (Å²) in [6.45, 7) is 0. The Labute approximate surface area is 108 Å². The molecule has 2 unspecified atom stereocenters. The van der Waals surface area contributed by atoms with Crippen LogP contribution in [0.2, 0.25) is 0 Å². The van der Waals surface area contributed by atoms with Crippen molar-refractivity contribution in [2.24, 2.45) is 0 Å². The summed E-state index contributed by atoms with van der Waals surface area (Å²) >= 11 is -0.642. The van der Waals surface area contributed by atoms with Crippen molar-refractivity contribution < 1.29 is 4.55 Å². The standard InChI is InChI=1S/C14H16OS2/c1-16(12-6-4-3-5-7-12)13-8-10-14(11-9-13)17(2)15/h3-11,15H,1-2H3/q+2. The van der Waals surface area contributed by atoms with E-state index in [1.54, 1.807) is 0 Å². The molecule has 1 nitrogen and oxygen atoms in total. The molecule has 1 N–H and O–H groups in total. The van der Waals surface area contributed by atoms with Crippen LogP contribution in [0.1, 0.15) is 0 Å². The summed E-state index contributed by atoms with van der Waals surface area (Å²) in [5, 5.41) is 0. The molecule has 0 bridgehead atoms. The van der Waals surface area contributed by atoms with Crippen molar-refractivity contribution in [2.75, 3.05) is 12.5 Å². The fourth-order valence-electron chi connectivity index (χ4n) is 1.60. The van der Waals surface area contributed by atoms with E-state index in [-0.39, 0.29) is 10.9 Å². The van der Waals surface area contributed by atoms with Crippen LogP contribution in [-0.2, 0) is 22.1 Å². The smallest absolute Gasteiger partial charge is 0.182 e. The molecule has 0 amide bonds. The summed E-state index contributed by atoms with van der Waals surface area (Å²) in [4.78, 5) is 3.66. The molecule has 0 aliphatic heterocycles. The predicted molar refractivity (Wildman–Crippen MR) is 76.9 cm³/mol. The van der Waals surface area contributed by atoms with Crippen LogP contribution in [-0.4, -0.2) is 17.1 Å². The first-order chi connectivity index (χ1) is 8.18. The van der Waals surface area contributed by atoms with Crippen LogP contribution in [0, 0.1) is 0 Å². The Hall–Kier alpha value is -0.900. The first-order valence-corrected chi connectivity index (χ1v) is 8.57. The van der Waals surface area contributed by atoms with Crippen molar-refractivity contribution in [2.45, 2.75) is 14.7 Å². The van der Waals surface area contributed by atoms with Gasteiger partial charge in [-0.2, -0.15) is 4.55 Å². The van der Waals surface area contributed by atoms with Crippen molar-refractivity contribution in [3.05, 3.63) is 54.6 Å². The highest BCUT2D eigenvalue weighted by Crippen LogP contribution is 2.22. The van der Waals surface area contributed by atoms with Crippen LogP contribution in [0.4, 0.5) is 0 Å². The Morgan fingerprint density at radius 1 is 0.706 bits per heavy atom. The molecule has 17 heavy (non-hydrogen) atoms. The van der Waals surface area contributed by atoms with Gasteiger partial charge in [0.25, 0.3) is 0 Å². The minimum absolute atomic E-state index is 0.103. The van der Waals surface area contributed by atoms with E-state index in [1.165, 1.54) is 9.79 Å². The lowest BCUT2D eigenvalue weighted by molar-refractivity contribution is 0.644. The van der Waals surface area contributed by atoms with Crippen LogP contribution < -0.4 is 0 Å².